The van der Waals surface area contributed by atoms with Crippen molar-refractivity contribution in [1.82, 2.24) is 4.57 Å². The maximum Gasteiger partial charge on any atom is 0.325 e. The van der Waals surface area contributed by atoms with E-state index in [1.54, 1.807) is 10.6 Å². The summed E-state index contributed by atoms with van der Waals surface area (Å²) in [4.78, 5) is 29.5. The molecule has 146 valence electrons. The van der Waals surface area contributed by atoms with Crippen LogP contribution in [0.5, 0.6) is 0 Å². The summed E-state index contributed by atoms with van der Waals surface area (Å²) in [5.74, 6) is -0.686. The highest BCUT2D eigenvalue weighted by Gasteiger charge is 2.13. The van der Waals surface area contributed by atoms with E-state index in [1.165, 1.54) is 24.0 Å². The first-order valence-electron chi connectivity index (χ1n) is 9.37. The van der Waals surface area contributed by atoms with E-state index in [1.807, 2.05) is 31.2 Å². The number of esters is 1. The molecule has 0 aliphatic carbocycles. The first-order chi connectivity index (χ1) is 13.5. The van der Waals surface area contributed by atoms with E-state index in [0.29, 0.717) is 10.4 Å². The Morgan fingerprint density at radius 3 is 2.68 bits per heavy atom. The maximum atomic E-state index is 12.7. The van der Waals surface area contributed by atoms with Crippen LogP contribution < -0.4 is 4.80 Å². The van der Waals surface area contributed by atoms with Crippen LogP contribution in [0.1, 0.15) is 41.3 Å². The molecule has 0 N–H and O–H groups in total. The molecule has 3 rings (SSSR count). The van der Waals surface area contributed by atoms with Crippen molar-refractivity contribution in [2.75, 3.05) is 7.11 Å². The first-order valence-corrected chi connectivity index (χ1v) is 10.2. The van der Waals surface area contributed by atoms with E-state index in [4.69, 9.17) is 4.74 Å². The molecular formula is C22H24N2O3S. The number of rotatable bonds is 6. The summed E-state index contributed by atoms with van der Waals surface area (Å²) in [5, 5.41) is 0. The predicted octanol–water partition coefficient (Wildman–Crippen LogP) is 4.27. The number of hydrogen-bond acceptors (Lipinski definition) is 4. The molecule has 0 saturated carbocycles. The highest BCUT2D eigenvalue weighted by Crippen LogP contribution is 2.21. The lowest BCUT2D eigenvalue weighted by Crippen LogP contribution is -2.22. The van der Waals surface area contributed by atoms with Crippen LogP contribution in [0, 0.1) is 6.92 Å². The zero-order valence-corrected chi connectivity index (χ0v) is 17.2. The number of hydrogen-bond donors (Lipinski definition) is 0. The fourth-order valence-electron chi connectivity index (χ4n) is 3.05. The Hall–Kier alpha value is -2.73. The molecule has 0 aliphatic heterocycles. The van der Waals surface area contributed by atoms with Gasteiger partial charge in [-0.1, -0.05) is 48.9 Å². The van der Waals surface area contributed by atoms with Crippen molar-refractivity contribution in [3.8, 4) is 0 Å². The molecule has 1 amide bonds. The van der Waals surface area contributed by atoms with Crippen LogP contribution in [0.4, 0.5) is 0 Å². The van der Waals surface area contributed by atoms with Crippen molar-refractivity contribution in [2.45, 2.75) is 39.7 Å². The number of unbranched alkanes of at least 4 members (excludes halogenated alkanes) is 1. The normalized spacial score (nSPS) is 11.8. The second-order valence-electron chi connectivity index (χ2n) is 6.68. The van der Waals surface area contributed by atoms with Gasteiger partial charge in [0.15, 0.2) is 4.80 Å². The number of ether oxygens (including phenoxy) is 1. The lowest BCUT2D eigenvalue weighted by molar-refractivity contribution is -0.141. The average Bonchev–Trinajstić information content (AvgIpc) is 3.02. The van der Waals surface area contributed by atoms with Crippen molar-refractivity contribution in [2.24, 2.45) is 4.99 Å². The molecule has 0 radical (unpaired) electrons. The fourth-order valence-corrected chi connectivity index (χ4v) is 4.14. The number of thiazole rings is 1. The third-order valence-corrected chi connectivity index (χ3v) is 5.69. The number of carbonyl (C=O) groups is 2. The molecule has 0 unspecified atom stereocenters. The molecule has 5 nitrogen and oxygen atoms in total. The molecule has 0 atom stereocenters. The summed E-state index contributed by atoms with van der Waals surface area (Å²) < 4.78 is 7.60. The van der Waals surface area contributed by atoms with Crippen LogP contribution in [0.2, 0.25) is 0 Å². The number of methoxy groups -OCH3 is 1. The van der Waals surface area contributed by atoms with Crippen LogP contribution in [-0.2, 0) is 22.5 Å². The Morgan fingerprint density at radius 2 is 1.96 bits per heavy atom. The van der Waals surface area contributed by atoms with Crippen molar-refractivity contribution < 1.29 is 14.3 Å². The number of aromatic nitrogens is 1. The van der Waals surface area contributed by atoms with Crippen molar-refractivity contribution in [3.05, 3.63) is 64.0 Å². The van der Waals surface area contributed by atoms with Crippen LogP contribution in [0.3, 0.4) is 0 Å². The van der Waals surface area contributed by atoms with Crippen LogP contribution in [0.25, 0.3) is 10.2 Å². The Kier molecular flexibility index (Phi) is 6.41. The van der Waals surface area contributed by atoms with Gasteiger partial charge >= 0.3 is 5.97 Å². The summed E-state index contributed by atoms with van der Waals surface area (Å²) in [6.07, 6.45) is 3.27. The Labute approximate surface area is 168 Å². The van der Waals surface area contributed by atoms with Gasteiger partial charge in [0, 0.05) is 5.56 Å². The highest BCUT2D eigenvalue weighted by molar-refractivity contribution is 7.16. The second kappa shape index (κ2) is 8.97. The summed E-state index contributed by atoms with van der Waals surface area (Å²) in [5.41, 5.74) is 3.57. The third-order valence-electron chi connectivity index (χ3n) is 4.65. The molecular weight excluding hydrogens is 372 g/mol. The van der Waals surface area contributed by atoms with E-state index in [-0.39, 0.29) is 18.4 Å². The number of amides is 1. The van der Waals surface area contributed by atoms with Gasteiger partial charge in [0.05, 0.1) is 17.3 Å². The van der Waals surface area contributed by atoms with Gasteiger partial charge in [0.2, 0.25) is 0 Å². The van der Waals surface area contributed by atoms with E-state index < -0.39 is 0 Å². The van der Waals surface area contributed by atoms with Crippen molar-refractivity contribution in [1.29, 1.82) is 0 Å². The number of fused-ring (bicyclic) bond motifs is 1. The maximum absolute atomic E-state index is 12.7. The SMILES string of the molecule is CCCCc1ccc2c(c1)sc(=NC(=O)c1ccccc1C)n2CC(=O)OC. The average molecular weight is 397 g/mol. The number of aryl methyl sites for hydroxylation is 2. The zero-order valence-electron chi connectivity index (χ0n) is 16.4. The minimum atomic E-state index is -0.375. The smallest absolute Gasteiger partial charge is 0.325 e. The summed E-state index contributed by atoms with van der Waals surface area (Å²) in [7, 11) is 1.36. The third kappa shape index (κ3) is 4.39. The van der Waals surface area contributed by atoms with Crippen LogP contribution in [-0.4, -0.2) is 23.6 Å². The molecule has 6 heteroatoms. The topological polar surface area (TPSA) is 60.7 Å². The van der Waals surface area contributed by atoms with Gasteiger partial charge in [-0.15, -0.1) is 0 Å². The van der Waals surface area contributed by atoms with Gasteiger partial charge < -0.3 is 9.30 Å². The van der Waals surface area contributed by atoms with Gasteiger partial charge in [-0.25, -0.2) is 0 Å². The highest BCUT2D eigenvalue weighted by atomic mass is 32.1. The number of nitrogens with zero attached hydrogens (tertiary/aromatic N) is 2. The molecule has 0 saturated heterocycles. The predicted molar refractivity (Wildman–Crippen MR) is 112 cm³/mol. The molecule has 2 aromatic carbocycles. The minimum absolute atomic E-state index is 0.0185. The second-order valence-corrected chi connectivity index (χ2v) is 7.69. The standard InChI is InChI=1S/C22H24N2O3S/c1-4-5-9-16-11-12-18-19(13-16)28-22(24(18)14-20(25)27-3)23-21(26)17-10-7-6-8-15(17)2/h6-8,10-13H,4-5,9,14H2,1-3H3. The lowest BCUT2D eigenvalue weighted by atomic mass is 10.1. The summed E-state index contributed by atoms with van der Waals surface area (Å²) >= 11 is 1.42. The quantitative estimate of drug-likeness (QED) is 0.585. The molecule has 28 heavy (non-hydrogen) atoms. The molecule has 3 aromatic rings. The summed E-state index contributed by atoms with van der Waals surface area (Å²) in [6.45, 7) is 4.07. The van der Waals surface area contributed by atoms with E-state index in [0.717, 1.165) is 35.0 Å². The molecule has 1 heterocycles. The molecule has 0 spiro atoms. The monoisotopic (exact) mass is 396 g/mol. The van der Waals surface area contributed by atoms with E-state index in [9.17, 15) is 9.59 Å². The first kappa shape index (κ1) is 20.0. The molecule has 0 fully saturated rings. The van der Waals surface area contributed by atoms with Crippen LogP contribution in [0.15, 0.2) is 47.5 Å². The van der Waals surface area contributed by atoms with Crippen LogP contribution >= 0.6 is 11.3 Å². The van der Waals surface area contributed by atoms with Gasteiger partial charge in [-0.3, -0.25) is 9.59 Å². The molecule has 0 aliphatic rings. The Balaban J connectivity index is 2.10. The van der Waals surface area contributed by atoms with Gasteiger partial charge in [-0.2, -0.15) is 4.99 Å². The Bertz CT molecular complexity index is 1080. The van der Waals surface area contributed by atoms with Gasteiger partial charge in [-0.05, 0) is 49.1 Å². The van der Waals surface area contributed by atoms with E-state index in [2.05, 4.69) is 24.0 Å². The molecule has 0 bridgehead atoms. The fraction of sp³-hybridized carbons (Fsp3) is 0.318. The zero-order chi connectivity index (χ0) is 20.1. The minimum Gasteiger partial charge on any atom is -0.468 e. The summed E-state index contributed by atoms with van der Waals surface area (Å²) in [6, 6.07) is 13.6. The number of carbonyl (C=O) groups excluding carboxylic acids is 2. The molecule has 1 aromatic heterocycles. The van der Waals surface area contributed by atoms with E-state index >= 15 is 0 Å². The lowest BCUT2D eigenvalue weighted by Gasteiger charge is -2.05. The van der Waals surface area contributed by atoms with Crippen molar-refractivity contribution in [3.63, 3.8) is 0 Å². The largest absolute Gasteiger partial charge is 0.468 e. The van der Waals surface area contributed by atoms with Crippen molar-refractivity contribution >= 4 is 33.4 Å². The van der Waals surface area contributed by atoms with Gasteiger partial charge in [0.1, 0.15) is 6.54 Å². The Morgan fingerprint density at radius 1 is 1.18 bits per heavy atom. The van der Waals surface area contributed by atoms with Gasteiger partial charge in [0.25, 0.3) is 5.91 Å². The number of benzene rings is 2.